The van der Waals surface area contributed by atoms with Crippen molar-refractivity contribution in [2.45, 2.75) is 79.6 Å². The van der Waals surface area contributed by atoms with Gasteiger partial charge < -0.3 is 14.5 Å². The molecule has 0 saturated heterocycles. The summed E-state index contributed by atoms with van der Waals surface area (Å²) < 4.78 is 6.24. The molecule has 0 radical (unpaired) electrons. The molecule has 1 aromatic heterocycles. The third kappa shape index (κ3) is 7.29. The van der Waals surface area contributed by atoms with E-state index in [1.807, 2.05) is 24.4 Å². The summed E-state index contributed by atoms with van der Waals surface area (Å²) in [6.45, 7) is 15.3. The highest BCUT2D eigenvalue weighted by Crippen LogP contribution is 2.27. The van der Waals surface area contributed by atoms with Gasteiger partial charge in [-0.05, 0) is 63.1 Å². The maximum atomic E-state index is 6.24. The smallest absolute Gasteiger partial charge is 0.142 e. The highest BCUT2D eigenvalue weighted by Gasteiger charge is 2.22. The van der Waals surface area contributed by atoms with Gasteiger partial charge in [-0.2, -0.15) is 0 Å². The summed E-state index contributed by atoms with van der Waals surface area (Å²) in [5, 5.41) is 4.36. The molecule has 0 unspecified atom stereocenters. The molecule has 1 aliphatic heterocycles. The Balaban J connectivity index is 1.55. The van der Waals surface area contributed by atoms with Crippen molar-refractivity contribution in [3.63, 3.8) is 0 Å². The Labute approximate surface area is 200 Å². The minimum Gasteiger partial charge on any atom is -0.391 e. The van der Waals surface area contributed by atoms with E-state index in [0.29, 0.717) is 12.5 Å². The van der Waals surface area contributed by atoms with Crippen LogP contribution in [0.25, 0.3) is 0 Å². The Morgan fingerprint density at radius 3 is 2.58 bits per heavy atom. The van der Waals surface area contributed by atoms with Gasteiger partial charge in [-0.1, -0.05) is 56.3 Å². The van der Waals surface area contributed by atoms with Crippen molar-refractivity contribution in [3.05, 3.63) is 58.9 Å². The van der Waals surface area contributed by atoms with Gasteiger partial charge in [0.1, 0.15) is 6.10 Å². The molecule has 0 aliphatic carbocycles. The number of anilines is 1. The molecule has 5 heteroatoms. The van der Waals surface area contributed by atoms with Crippen LogP contribution in [0.4, 0.5) is 5.69 Å². The fourth-order valence-corrected chi connectivity index (χ4v) is 4.49. The summed E-state index contributed by atoms with van der Waals surface area (Å²) in [5.41, 5.74) is 6.05. The molecule has 0 bridgehead atoms. The maximum Gasteiger partial charge on any atom is 0.142 e. The predicted octanol–water partition coefficient (Wildman–Crippen LogP) is 6.11. The number of hydrogen-bond acceptors (Lipinski definition) is 5. The van der Waals surface area contributed by atoms with Crippen molar-refractivity contribution < 1.29 is 9.57 Å². The maximum absolute atomic E-state index is 6.24. The van der Waals surface area contributed by atoms with Crippen LogP contribution in [-0.2, 0) is 22.6 Å². The number of rotatable bonds is 10. The van der Waals surface area contributed by atoms with Crippen LogP contribution in [0.2, 0.25) is 0 Å². The molecule has 0 amide bonds. The molecule has 3 rings (SSSR count). The van der Waals surface area contributed by atoms with E-state index in [1.54, 1.807) is 0 Å². The van der Waals surface area contributed by atoms with Crippen LogP contribution in [0.15, 0.2) is 41.6 Å². The summed E-state index contributed by atoms with van der Waals surface area (Å²) in [6.07, 6.45) is 5.39. The number of benzene rings is 1. The molecule has 180 valence electrons. The lowest BCUT2D eigenvalue weighted by Gasteiger charge is -2.28. The van der Waals surface area contributed by atoms with Crippen LogP contribution >= 0.6 is 0 Å². The zero-order valence-corrected chi connectivity index (χ0v) is 21.3. The summed E-state index contributed by atoms with van der Waals surface area (Å²) in [7, 11) is 0. The first-order chi connectivity index (χ1) is 15.8. The molecule has 0 N–H and O–H groups in total. The van der Waals surface area contributed by atoms with E-state index in [-0.39, 0.29) is 18.1 Å². The lowest BCUT2D eigenvalue weighted by Crippen LogP contribution is -2.33. The van der Waals surface area contributed by atoms with Gasteiger partial charge in [0.05, 0.1) is 30.6 Å². The predicted molar refractivity (Wildman–Crippen MR) is 137 cm³/mol. The van der Waals surface area contributed by atoms with E-state index in [4.69, 9.17) is 14.6 Å². The molecule has 2 heterocycles. The van der Waals surface area contributed by atoms with Gasteiger partial charge in [-0.3, -0.25) is 4.98 Å². The average Bonchev–Trinajstić information content (AvgIpc) is 2.96. The molecule has 1 aromatic carbocycles. The number of nitrogens with zero attached hydrogens (tertiary/aromatic N) is 3. The molecule has 0 spiro atoms. The fourth-order valence-electron chi connectivity index (χ4n) is 4.49. The van der Waals surface area contributed by atoms with E-state index < -0.39 is 0 Å². The van der Waals surface area contributed by atoms with Crippen molar-refractivity contribution in [1.29, 1.82) is 0 Å². The van der Waals surface area contributed by atoms with Crippen molar-refractivity contribution in [2.75, 3.05) is 18.0 Å². The highest BCUT2D eigenvalue weighted by atomic mass is 16.6. The van der Waals surface area contributed by atoms with Crippen LogP contribution in [0, 0.1) is 25.7 Å². The molecular formula is C28H41N3O2. The fraction of sp³-hybridized carbons (Fsp3) is 0.571. The first kappa shape index (κ1) is 25.2. The summed E-state index contributed by atoms with van der Waals surface area (Å²) in [5.74, 6) is 0.551. The van der Waals surface area contributed by atoms with Crippen LogP contribution in [0.3, 0.4) is 0 Å². The second-order valence-electron chi connectivity index (χ2n) is 9.79. The van der Waals surface area contributed by atoms with E-state index in [0.717, 1.165) is 25.2 Å². The van der Waals surface area contributed by atoms with Gasteiger partial charge in [-0.15, -0.1) is 0 Å². The molecule has 33 heavy (non-hydrogen) atoms. The number of pyridine rings is 1. The Hall–Kier alpha value is -2.40. The Morgan fingerprint density at radius 2 is 1.85 bits per heavy atom. The van der Waals surface area contributed by atoms with Gasteiger partial charge in [0.2, 0.25) is 0 Å². The second-order valence-corrected chi connectivity index (χ2v) is 9.79. The number of aromatic nitrogens is 1. The van der Waals surface area contributed by atoms with Gasteiger partial charge in [0, 0.05) is 24.4 Å². The first-order valence-corrected chi connectivity index (χ1v) is 12.4. The van der Waals surface area contributed by atoms with Crippen LogP contribution < -0.4 is 4.90 Å². The minimum absolute atomic E-state index is 0.0104. The summed E-state index contributed by atoms with van der Waals surface area (Å²) in [6, 6.07) is 12.6. The van der Waals surface area contributed by atoms with Crippen molar-refractivity contribution in [3.8, 4) is 0 Å². The number of oxime groups is 1. The van der Waals surface area contributed by atoms with E-state index >= 15 is 0 Å². The van der Waals surface area contributed by atoms with Crippen molar-refractivity contribution in [1.82, 2.24) is 4.98 Å². The second kappa shape index (κ2) is 12.2. The van der Waals surface area contributed by atoms with Gasteiger partial charge in [0.15, 0.2) is 0 Å². The van der Waals surface area contributed by atoms with Gasteiger partial charge in [0.25, 0.3) is 0 Å². The van der Waals surface area contributed by atoms with Crippen LogP contribution in [0.1, 0.15) is 63.1 Å². The number of ether oxygens (including phenoxy) is 1. The number of fused-ring (bicyclic) bond motifs is 1. The zero-order valence-electron chi connectivity index (χ0n) is 21.3. The third-order valence-electron chi connectivity index (χ3n) is 6.43. The highest BCUT2D eigenvalue weighted by molar-refractivity contribution is 5.60. The normalized spacial score (nSPS) is 17.0. The van der Waals surface area contributed by atoms with E-state index in [2.05, 4.69) is 69.8 Å². The topological polar surface area (TPSA) is 47.0 Å². The molecular weight excluding hydrogens is 410 g/mol. The average molecular weight is 452 g/mol. The Bertz CT molecular complexity index is 898. The SMILES string of the molecule is Cc1cc2c(nc1C)CCCCN2C[C@H](C)O/N=C/[C@@H](C)[C@H](OCc1ccccc1)C(C)C. The van der Waals surface area contributed by atoms with Gasteiger partial charge in [-0.25, -0.2) is 0 Å². The molecule has 0 fully saturated rings. The summed E-state index contributed by atoms with van der Waals surface area (Å²) >= 11 is 0. The molecule has 0 saturated carbocycles. The standard InChI is InChI=1S/C28H41N3O2/c1-20(2)28(32-19-25-12-8-7-9-13-25)22(4)17-29-33-23(5)18-31-15-11-10-14-26-27(31)16-21(3)24(6)30-26/h7-9,12-13,16-17,20,22-23,28H,10-11,14-15,18-19H2,1-6H3/b29-17+/t22-,23+,28-/m1/s1. The molecule has 1 aliphatic rings. The first-order valence-electron chi connectivity index (χ1n) is 12.4. The van der Waals surface area contributed by atoms with Crippen molar-refractivity contribution >= 4 is 11.9 Å². The van der Waals surface area contributed by atoms with Gasteiger partial charge >= 0.3 is 0 Å². The van der Waals surface area contributed by atoms with Crippen LogP contribution in [0.5, 0.6) is 0 Å². The number of hydrogen-bond donors (Lipinski definition) is 0. The van der Waals surface area contributed by atoms with E-state index in [1.165, 1.54) is 35.3 Å². The molecule has 3 atom stereocenters. The lowest BCUT2D eigenvalue weighted by molar-refractivity contribution is -0.00762. The van der Waals surface area contributed by atoms with Crippen molar-refractivity contribution in [2.24, 2.45) is 17.0 Å². The largest absolute Gasteiger partial charge is 0.391 e. The third-order valence-corrected chi connectivity index (χ3v) is 6.43. The molecule has 5 nitrogen and oxygen atoms in total. The number of aryl methyl sites for hydroxylation is 3. The molecule has 2 aromatic rings. The quantitative estimate of drug-likeness (QED) is 0.323. The summed E-state index contributed by atoms with van der Waals surface area (Å²) in [4.78, 5) is 13.2. The van der Waals surface area contributed by atoms with Crippen LogP contribution in [-0.4, -0.2) is 36.5 Å². The lowest BCUT2D eigenvalue weighted by atomic mass is 9.95. The zero-order chi connectivity index (χ0) is 23.8. The van der Waals surface area contributed by atoms with E-state index in [9.17, 15) is 0 Å². The monoisotopic (exact) mass is 451 g/mol. The Kier molecular flexibility index (Phi) is 9.30. The Morgan fingerprint density at radius 1 is 1.09 bits per heavy atom. The minimum atomic E-state index is -0.0104.